The molecule has 78 valence electrons. The summed E-state index contributed by atoms with van der Waals surface area (Å²) < 4.78 is 75.5. The maximum absolute atomic E-state index is 11.9. The summed E-state index contributed by atoms with van der Waals surface area (Å²) in [6, 6.07) is 0. The molecule has 0 N–H and O–H groups in total. The number of hydrogen-bond acceptors (Lipinski definition) is 2. The minimum atomic E-state index is -4.01. The SMILES string of the molecule is CC(F)(F)OC(OC(F)F)=C(F)F. The van der Waals surface area contributed by atoms with E-state index in [2.05, 4.69) is 9.47 Å². The van der Waals surface area contributed by atoms with Crippen molar-refractivity contribution < 1.29 is 35.8 Å². The van der Waals surface area contributed by atoms with Crippen LogP contribution in [-0.4, -0.2) is 12.7 Å². The molecule has 2 nitrogen and oxygen atoms in total. The second kappa shape index (κ2) is 4.24. The molecule has 0 aromatic rings. The number of halogens is 6. The summed E-state index contributed by atoms with van der Waals surface area (Å²) in [4.78, 5) is 0. The lowest BCUT2D eigenvalue weighted by atomic mass is 10.7. The average molecular weight is 210 g/mol. The lowest BCUT2D eigenvalue weighted by Crippen LogP contribution is -2.18. The normalized spacial score (nSPS) is 11.4. The van der Waals surface area contributed by atoms with Gasteiger partial charge in [-0.15, -0.1) is 0 Å². The van der Waals surface area contributed by atoms with E-state index in [1.165, 1.54) is 0 Å². The van der Waals surface area contributed by atoms with E-state index in [4.69, 9.17) is 0 Å². The smallest absolute Gasteiger partial charge is 0.397 e. The van der Waals surface area contributed by atoms with Crippen molar-refractivity contribution in [2.45, 2.75) is 19.6 Å². The third-order valence-electron chi connectivity index (χ3n) is 0.622. The highest BCUT2D eigenvalue weighted by Crippen LogP contribution is 2.23. The summed E-state index contributed by atoms with van der Waals surface area (Å²) in [7, 11) is 0. The molecule has 0 radical (unpaired) electrons. The van der Waals surface area contributed by atoms with Crippen molar-refractivity contribution in [3.8, 4) is 0 Å². The molecule has 0 fully saturated rings. The Morgan fingerprint density at radius 2 is 1.69 bits per heavy atom. The Hall–Kier alpha value is -1.08. The van der Waals surface area contributed by atoms with Crippen LogP contribution in [0.5, 0.6) is 0 Å². The summed E-state index contributed by atoms with van der Waals surface area (Å²) >= 11 is 0. The molecule has 0 bridgehead atoms. The number of ether oxygens (including phenoxy) is 2. The molecule has 8 heteroatoms. The standard InChI is InChI=1S/C5H4F6O2/c1-5(10,11)13-3(2(6)7)12-4(8)9/h4H,1H3. The van der Waals surface area contributed by atoms with Crippen LogP contribution in [0.15, 0.2) is 12.0 Å². The maximum Gasteiger partial charge on any atom is 0.397 e. The quantitative estimate of drug-likeness (QED) is 0.524. The van der Waals surface area contributed by atoms with E-state index < -0.39 is 24.7 Å². The number of hydrogen-bond donors (Lipinski definition) is 0. The van der Waals surface area contributed by atoms with Crippen LogP contribution in [0.3, 0.4) is 0 Å². The molecule has 0 aliphatic heterocycles. The van der Waals surface area contributed by atoms with Gasteiger partial charge in [0.2, 0.25) is 0 Å². The van der Waals surface area contributed by atoms with Crippen LogP contribution >= 0.6 is 0 Å². The van der Waals surface area contributed by atoms with E-state index >= 15 is 0 Å². The monoisotopic (exact) mass is 210 g/mol. The molecule has 0 unspecified atom stereocenters. The van der Waals surface area contributed by atoms with Gasteiger partial charge in [0, 0.05) is 6.92 Å². The van der Waals surface area contributed by atoms with Crippen molar-refractivity contribution in [1.82, 2.24) is 0 Å². The van der Waals surface area contributed by atoms with Gasteiger partial charge in [-0.3, -0.25) is 0 Å². The van der Waals surface area contributed by atoms with E-state index in [1.807, 2.05) is 0 Å². The van der Waals surface area contributed by atoms with Crippen LogP contribution in [0.1, 0.15) is 6.92 Å². The molecular weight excluding hydrogens is 206 g/mol. The highest BCUT2D eigenvalue weighted by Gasteiger charge is 2.29. The molecular formula is C5H4F6O2. The predicted molar refractivity (Wildman–Crippen MR) is 28.0 cm³/mol. The Morgan fingerprint density at radius 3 is 1.92 bits per heavy atom. The van der Waals surface area contributed by atoms with Gasteiger partial charge in [0.15, 0.2) is 0 Å². The fourth-order valence-corrected chi connectivity index (χ4v) is 0.351. The molecule has 0 rings (SSSR count). The molecule has 0 aliphatic rings. The molecule has 0 amide bonds. The van der Waals surface area contributed by atoms with Crippen LogP contribution in [0.4, 0.5) is 26.3 Å². The zero-order valence-electron chi connectivity index (χ0n) is 6.16. The second-order valence-electron chi connectivity index (χ2n) is 1.84. The lowest BCUT2D eigenvalue weighted by Gasteiger charge is -2.14. The molecule has 0 saturated heterocycles. The Kier molecular flexibility index (Phi) is 3.89. The van der Waals surface area contributed by atoms with Crippen LogP contribution in [0.2, 0.25) is 0 Å². The molecule has 0 aliphatic carbocycles. The molecule has 0 aromatic carbocycles. The van der Waals surface area contributed by atoms with Crippen molar-refractivity contribution in [3.05, 3.63) is 12.0 Å². The molecule has 13 heavy (non-hydrogen) atoms. The highest BCUT2D eigenvalue weighted by molar-refractivity contribution is 4.83. The van der Waals surface area contributed by atoms with Gasteiger partial charge in [-0.2, -0.15) is 26.3 Å². The van der Waals surface area contributed by atoms with E-state index in [1.54, 1.807) is 0 Å². The topological polar surface area (TPSA) is 18.5 Å². The first-order valence-electron chi connectivity index (χ1n) is 2.79. The van der Waals surface area contributed by atoms with Gasteiger partial charge in [-0.05, 0) is 0 Å². The zero-order valence-corrected chi connectivity index (χ0v) is 6.16. The lowest BCUT2D eigenvalue weighted by molar-refractivity contribution is -0.254. The molecule has 0 saturated carbocycles. The third-order valence-corrected chi connectivity index (χ3v) is 0.622. The van der Waals surface area contributed by atoms with Crippen LogP contribution in [0, 0.1) is 0 Å². The van der Waals surface area contributed by atoms with Crippen molar-refractivity contribution in [2.24, 2.45) is 0 Å². The molecule has 0 heterocycles. The number of rotatable bonds is 4. The Balaban J connectivity index is 4.39. The van der Waals surface area contributed by atoms with Crippen molar-refractivity contribution in [1.29, 1.82) is 0 Å². The van der Waals surface area contributed by atoms with E-state index in [9.17, 15) is 26.3 Å². The van der Waals surface area contributed by atoms with Crippen molar-refractivity contribution in [3.63, 3.8) is 0 Å². The summed E-state index contributed by atoms with van der Waals surface area (Å²) in [5.41, 5.74) is 0. The Morgan fingerprint density at radius 1 is 1.23 bits per heavy atom. The fraction of sp³-hybridized carbons (Fsp3) is 0.600. The van der Waals surface area contributed by atoms with Gasteiger partial charge in [0.25, 0.3) is 0 Å². The third kappa shape index (κ3) is 6.12. The first-order chi connectivity index (χ1) is 5.72. The number of alkyl halides is 4. The summed E-state index contributed by atoms with van der Waals surface area (Å²) in [5.74, 6) is -2.18. The fourth-order valence-electron chi connectivity index (χ4n) is 0.351. The molecule has 0 aromatic heterocycles. The van der Waals surface area contributed by atoms with Gasteiger partial charge in [-0.25, -0.2) is 0 Å². The van der Waals surface area contributed by atoms with Crippen LogP contribution in [-0.2, 0) is 9.47 Å². The summed E-state index contributed by atoms with van der Waals surface area (Å²) in [6.07, 6.45) is -6.89. The van der Waals surface area contributed by atoms with E-state index in [-0.39, 0.29) is 6.92 Å². The van der Waals surface area contributed by atoms with Gasteiger partial charge in [0.05, 0.1) is 0 Å². The van der Waals surface area contributed by atoms with Crippen LogP contribution in [0.25, 0.3) is 0 Å². The Bertz CT molecular complexity index is 192. The van der Waals surface area contributed by atoms with Crippen molar-refractivity contribution >= 4 is 0 Å². The first kappa shape index (κ1) is 11.9. The zero-order chi connectivity index (χ0) is 10.6. The predicted octanol–water partition coefficient (Wildman–Crippen LogP) is 2.92. The van der Waals surface area contributed by atoms with Gasteiger partial charge < -0.3 is 9.47 Å². The van der Waals surface area contributed by atoms with Crippen LogP contribution < -0.4 is 0 Å². The van der Waals surface area contributed by atoms with Gasteiger partial charge >= 0.3 is 24.7 Å². The highest BCUT2D eigenvalue weighted by atomic mass is 19.3. The second-order valence-corrected chi connectivity index (χ2v) is 1.84. The first-order valence-corrected chi connectivity index (χ1v) is 2.79. The van der Waals surface area contributed by atoms with Crippen molar-refractivity contribution in [2.75, 3.05) is 0 Å². The van der Waals surface area contributed by atoms with E-state index in [0.717, 1.165) is 0 Å². The van der Waals surface area contributed by atoms with E-state index in [0.29, 0.717) is 0 Å². The minimum Gasteiger partial charge on any atom is -0.399 e. The van der Waals surface area contributed by atoms with Gasteiger partial charge in [-0.1, -0.05) is 0 Å². The minimum absolute atomic E-state index is 0.102. The largest absolute Gasteiger partial charge is 0.399 e. The summed E-state index contributed by atoms with van der Waals surface area (Å²) in [5, 5.41) is 0. The molecule has 0 spiro atoms. The molecule has 0 atom stereocenters. The van der Waals surface area contributed by atoms with Gasteiger partial charge in [0.1, 0.15) is 0 Å². The Labute approximate surface area is 68.7 Å². The average Bonchev–Trinajstić information content (AvgIpc) is 1.81. The maximum atomic E-state index is 11.9. The summed E-state index contributed by atoms with van der Waals surface area (Å²) in [6.45, 7) is -3.55.